The van der Waals surface area contributed by atoms with E-state index < -0.39 is 0 Å². The molecule has 2 N–H and O–H groups in total. The molecule has 0 fully saturated rings. The van der Waals surface area contributed by atoms with Gasteiger partial charge in [-0.1, -0.05) is 19.9 Å². The van der Waals surface area contributed by atoms with E-state index >= 15 is 0 Å². The van der Waals surface area contributed by atoms with Gasteiger partial charge in [-0.15, -0.1) is 22.7 Å². The van der Waals surface area contributed by atoms with Gasteiger partial charge in [0.15, 0.2) is 0 Å². The normalized spacial score (nSPS) is 12.6. The van der Waals surface area contributed by atoms with E-state index in [2.05, 4.69) is 10.3 Å². The molecule has 0 saturated carbocycles. The van der Waals surface area contributed by atoms with E-state index in [4.69, 9.17) is 0 Å². The Balaban J connectivity index is 2.08. The third-order valence-corrected chi connectivity index (χ3v) is 4.67. The maximum Gasteiger partial charge on any atom is 0.271 e. The van der Waals surface area contributed by atoms with Crippen LogP contribution in [0.25, 0.3) is 9.88 Å². The van der Waals surface area contributed by atoms with Crippen molar-refractivity contribution in [2.75, 3.05) is 6.61 Å². The van der Waals surface area contributed by atoms with E-state index in [1.165, 1.54) is 11.3 Å². The molecule has 6 heteroatoms. The first kappa shape index (κ1) is 14.2. The second kappa shape index (κ2) is 6.27. The van der Waals surface area contributed by atoms with Gasteiger partial charge in [0, 0.05) is 5.38 Å². The van der Waals surface area contributed by atoms with Crippen molar-refractivity contribution in [2.45, 2.75) is 19.9 Å². The number of carbonyl (C=O) groups is 1. The number of aliphatic hydroxyl groups excluding tert-OH is 1. The Bertz CT molecular complexity index is 535. The van der Waals surface area contributed by atoms with Crippen molar-refractivity contribution >= 4 is 28.6 Å². The number of aliphatic hydroxyl groups is 1. The summed E-state index contributed by atoms with van der Waals surface area (Å²) in [4.78, 5) is 17.4. The van der Waals surface area contributed by atoms with Gasteiger partial charge in [0.1, 0.15) is 10.7 Å². The highest BCUT2D eigenvalue weighted by atomic mass is 32.1. The summed E-state index contributed by atoms with van der Waals surface area (Å²) in [5.41, 5.74) is 0.410. The summed E-state index contributed by atoms with van der Waals surface area (Å²) in [6.07, 6.45) is 0. The molecule has 2 heterocycles. The van der Waals surface area contributed by atoms with E-state index in [0.717, 1.165) is 9.88 Å². The fraction of sp³-hybridized carbons (Fsp3) is 0.385. The number of hydrogen-bond acceptors (Lipinski definition) is 5. The summed E-state index contributed by atoms with van der Waals surface area (Å²) < 4.78 is 0. The molecule has 0 aliphatic carbocycles. The molecule has 0 spiro atoms. The molecule has 0 aromatic carbocycles. The van der Waals surface area contributed by atoms with Gasteiger partial charge < -0.3 is 10.4 Å². The van der Waals surface area contributed by atoms with Crippen molar-refractivity contribution in [3.63, 3.8) is 0 Å². The van der Waals surface area contributed by atoms with Gasteiger partial charge in [0.05, 0.1) is 17.5 Å². The van der Waals surface area contributed by atoms with Crippen molar-refractivity contribution in [1.82, 2.24) is 10.3 Å². The molecule has 0 aliphatic rings. The van der Waals surface area contributed by atoms with Crippen molar-refractivity contribution in [1.29, 1.82) is 0 Å². The number of nitrogens with zero attached hydrogens (tertiary/aromatic N) is 1. The minimum absolute atomic E-state index is 0.0642. The second-order valence-electron chi connectivity index (χ2n) is 4.52. The number of nitrogens with one attached hydrogen (secondary N) is 1. The molecule has 4 nitrogen and oxygen atoms in total. The van der Waals surface area contributed by atoms with E-state index in [1.54, 1.807) is 16.7 Å². The Hall–Kier alpha value is -1.24. The largest absolute Gasteiger partial charge is 0.394 e. The molecule has 1 atom stereocenters. The maximum atomic E-state index is 12.0. The quantitative estimate of drug-likeness (QED) is 0.891. The summed E-state index contributed by atoms with van der Waals surface area (Å²) in [6, 6.07) is 3.71. The predicted octanol–water partition coefficient (Wildman–Crippen LogP) is 2.62. The SMILES string of the molecule is CC(C)C(CO)NC(=O)c1csc(-c2cccs2)n1. The lowest BCUT2D eigenvalue weighted by Crippen LogP contribution is -2.41. The van der Waals surface area contributed by atoms with Crippen LogP contribution < -0.4 is 5.32 Å². The van der Waals surface area contributed by atoms with Gasteiger partial charge in [0.25, 0.3) is 5.91 Å². The Labute approximate surface area is 120 Å². The first-order valence-corrected chi connectivity index (χ1v) is 7.79. The van der Waals surface area contributed by atoms with Gasteiger partial charge >= 0.3 is 0 Å². The van der Waals surface area contributed by atoms with Crippen molar-refractivity contribution in [3.8, 4) is 9.88 Å². The molecule has 2 aromatic rings. The topological polar surface area (TPSA) is 62.2 Å². The fourth-order valence-corrected chi connectivity index (χ4v) is 3.17. The molecular weight excluding hydrogens is 280 g/mol. The van der Waals surface area contributed by atoms with E-state index in [9.17, 15) is 9.90 Å². The van der Waals surface area contributed by atoms with Crippen LogP contribution >= 0.6 is 22.7 Å². The van der Waals surface area contributed by atoms with Gasteiger partial charge in [-0.05, 0) is 17.4 Å². The molecule has 0 aliphatic heterocycles. The molecule has 2 rings (SSSR count). The van der Waals surface area contributed by atoms with Crippen LogP contribution in [-0.2, 0) is 0 Å². The number of amides is 1. The number of hydrogen-bond donors (Lipinski definition) is 2. The van der Waals surface area contributed by atoms with Crippen molar-refractivity contribution in [2.24, 2.45) is 5.92 Å². The molecule has 0 bridgehead atoms. The van der Waals surface area contributed by atoms with Crippen LogP contribution in [-0.4, -0.2) is 28.6 Å². The average molecular weight is 296 g/mol. The zero-order chi connectivity index (χ0) is 13.8. The molecule has 0 saturated heterocycles. The minimum Gasteiger partial charge on any atom is -0.394 e. The van der Waals surface area contributed by atoms with Crippen LogP contribution in [0.5, 0.6) is 0 Å². The summed E-state index contributed by atoms with van der Waals surface area (Å²) in [7, 11) is 0. The number of thiophene rings is 1. The Morgan fingerprint density at radius 2 is 2.26 bits per heavy atom. The van der Waals surface area contributed by atoms with Crippen LogP contribution in [0.4, 0.5) is 0 Å². The average Bonchev–Trinajstić information content (AvgIpc) is 3.04. The number of carbonyl (C=O) groups excluding carboxylic acids is 1. The smallest absolute Gasteiger partial charge is 0.271 e. The number of aromatic nitrogens is 1. The lowest BCUT2D eigenvalue weighted by atomic mass is 10.1. The van der Waals surface area contributed by atoms with Crippen molar-refractivity contribution in [3.05, 3.63) is 28.6 Å². The molecular formula is C13H16N2O2S2. The van der Waals surface area contributed by atoms with Crippen LogP contribution in [0.2, 0.25) is 0 Å². The highest BCUT2D eigenvalue weighted by Gasteiger charge is 2.18. The molecule has 1 unspecified atom stereocenters. The maximum absolute atomic E-state index is 12.0. The molecule has 19 heavy (non-hydrogen) atoms. The summed E-state index contributed by atoms with van der Waals surface area (Å²) in [5, 5.41) is 16.6. The molecule has 102 valence electrons. The first-order valence-electron chi connectivity index (χ1n) is 6.03. The monoisotopic (exact) mass is 296 g/mol. The molecule has 1 amide bonds. The van der Waals surface area contributed by atoms with Gasteiger partial charge in [-0.25, -0.2) is 4.98 Å². The van der Waals surface area contributed by atoms with Gasteiger partial charge in [0.2, 0.25) is 0 Å². The van der Waals surface area contributed by atoms with Crippen LogP contribution in [0.15, 0.2) is 22.9 Å². The van der Waals surface area contributed by atoms with Crippen LogP contribution in [0, 0.1) is 5.92 Å². The standard InChI is InChI=1S/C13H16N2O2S2/c1-8(2)9(6-16)14-12(17)10-7-19-13(15-10)11-4-3-5-18-11/h3-5,7-9,16H,6H2,1-2H3,(H,14,17). The molecule has 2 aromatic heterocycles. The van der Waals surface area contributed by atoms with Crippen LogP contribution in [0.3, 0.4) is 0 Å². The lowest BCUT2D eigenvalue weighted by molar-refractivity contribution is 0.0892. The van der Waals surface area contributed by atoms with Gasteiger partial charge in [-0.2, -0.15) is 0 Å². The Morgan fingerprint density at radius 1 is 1.47 bits per heavy atom. The summed E-state index contributed by atoms with van der Waals surface area (Å²) >= 11 is 3.06. The number of thiazole rings is 1. The van der Waals surface area contributed by atoms with E-state index in [0.29, 0.717) is 5.69 Å². The number of rotatable bonds is 5. The second-order valence-corrected chi connectivity index (χ2v) is 6.33. The fourth-order valence-electron chi connectivity index (χ4n) is 1.56. The first-order chi connectivity index (χ1) is 9.11. The van der Waals surface area contributed by atoms with E-state index in [1.807, 2.05) is 31.4 Å². The minimum atomic E-state index is -0.237. The summed E-state index contributed by atoms with van der Waals surface area (Å²) in [5.74, 6) is -0.0452. The highest BCUT2D eigenvalue weighted by molar-refractivity contribution is 7.20. The summed E-state index contributed by atoms with van der Waals surface area (Å²) in [6.45, 7) is 3.85. The van der Waals surface area contributed by atoms with Crippen LogP contribution in [0.1, 0.15) is 24.3 Å². The van der Waals surface area contributed by atoms with Crippen molar-refractivity contribution < 1.29 is 9.90 Å². The third kappa shape index (κ3) is 3.40. The Morgan fingerprint density at radius 3 is 2.84 bits per heavy atom. The van der Waals surface area contributed by atoms with E-state index in [-0.39, 0.29) is 24.5 Å². The molecule has 0 radical (unpaired) electrons. The van der Waals surface area contributed by atoms with Gasteiger partial charge in [-0.3, -0.25) is 4.79 Å². The Kier molecular flexibility index (Phi) is 4.68. The predicted molar refractivity (Wildman–Crippen MR) is 78.6 cm³/mol. The zero-order valence-corrected chi connectivity index (χ0v) is 12.4. The highest BCUT2D eigenvalue weighted by Crippen LogP contribution is 2.27. The zero-order valence-electron chi connectivity index (χ0n) is 10.8. The third-order valence-electron chi connectivity index (χ3n) is 2.79. The lowest BCUT2D eigenvalue weighted by Gasteiger charge is -2.19.